The number of ether oxygens (including phenoxy) is 1. The van der Waals surface area contributed by atoms with E-state index in [0.29, 0.717) is 25.3 Å². The van der Waals surface area contributed by atoms with Crippen molar-refractivity contribution >= 4 is 5.97 Å². The average Bonchev–Trinajstić information content (AvgIpc) is 2.38. The van der Waals surface area contributed by atoms with E-state index in [2.05, 4.69) is 0 Å². The highest BCUT2D eigenvalue weighted by Gasteiger charge is 2.26. The van der Waals surface area contributed by atoms with Gasteiger partial charge >= 0.3 is 5.97 Å². The summed E-state index contributed by atoms with van der Waals surface area (Å²) < 4.78 is 18.4. The second kappa shape index (κ2) is 5.78. The predicted molar refractivity (Wildman–Crippen MR) is 63.8 cm³/mol. The van der Waals surface area contributed by atoms with Gasteiger partial charge in [-0.2, -0.15) is 5.26 Å². The minimum absolute atomic E-state index is 0.258. The number of carboxylic acids is 1. The van der Waals surface area contributed by atoms with E-state index in [1.54, 1.807) is 6.07 Å². The normalized spacial score (nSPS) is 19.9. The molecule has 0 aliphatic carbocycles. The van der Waals surface area contributed by atoms with E-state index in [9.17, 15) is 9.18 Å². The van der Waals surface area contributed by atoms with Crippen molar-refractivity contribution < 1.29 is 19.0 Å². The van der Waals surface area contributed by atoms with Crippen molar-refractivity contribution in [3.63, 3.8) is 0 Å². The third kappa shape index (κ3) is 3.50. The summed E-state index contributed by atoms with van der Waals surface area (Å²) in [5, 5.41) is 17.7. The zero-order valence-electron chi connectivity index (χ0n) is 10.2. The second-order valence-electron chi connectivity index (χ2n) is 4.39. The quantitative estimate of drug-likeness (QED) is 0.881. The number of halogens is 1. The molecule has 0 saturated carbocycles. The fourth-order valence-electron chi connectivity index (χ4n) is 2.06. The van der Waals surface area contributed by atoms with Gasteiger partial charge in [-0.15, -0.1) is 0 Å². The summed E-state index contributed by atoms with van der Waals surface area (Å²) >= 11 is 0. The fourth-order valence-corrected chi connectivity index (χ4v) is 2.06. The molecule has 1 aliphatic heterocycles. The van der Waals surface area contributed by atoms with Gasteiger partial charge < -0.3 is 9.84 Å². The summed E-state index contributed by atoms with van der Waals surface area (Å²) in [6.07, 6.45) is -0.849. The van der Waals surface area contributed by atoms with Crippen molar-refractivity contribution in [2.24, 2.45) is 0 Å². The van der Waals surface area contributed by atoms with Gasteiger partial charge in [0, 0.05) is 19.6 Å². The van der Waals surface area contributed by atoms with Crippen LogP contribution in [0.3, 0.4) is 0 Å². The van der Waals surface area contributed by atoms with E-state index in [0.717, 1.165) is 0 Å². The van der Waals surface area contributed by atoms with Crippen molar-refractivity contribution in [1.82, 2.24) is 4.90 Å². The Morgan fingerprint density at radius 2 is 2.37 bits per heavy atom. The molecule has 19 heavy (non-hydrogen) atoms. The predicted octanol–water partition coefficient (Wildman–Crippen LogP) is 0.983. The van der Waals surface area contributed by atoms with Crippen LogP contribution < -0.4 is 0 Å². The lowest BCUT2D eigenvalue weighted by Crippen LogP contribution is -2.45. The Labute approximate surface area is 109 Å². The van der Waals surface area contributed by atoms with Crippen molar-refractivity contribution in [3.8, 4) is 6.07 Å². The molecular formula is C13H13FN2O3. The number of hydrogen-bond donors (Lipinski definition) is 1. The standard InChI is InChI=1S/C13H13FN2O3/c14-11-4-9(6-15)3-10(5-11)7-16-1-2-19-12(8-16)13(17)18/h3-5,12H,1-2,7-8H2,(H,17,18). The summed E-state index contributed by atoms with van der Waals surface area (Å²) in [6, 6.07) is 6.02. The molecular weight excluding hydrogens is 251 g/mol. The zero-order valence-corrected chi connectivity index (χ0v) is 10.2. The third-order valence-corrected chi connectivity index (χ3v) is 2.92. The number of rotatable bonds is 3. The molecule has 1 aliphatic rings. The molecule has 2 rings (SSSR count). The Morgan fingerprint density at radius 1 is 1.58 bits per heavy atom. The number of benzene rings is 1. The largest absolute Gasteiger partial charge is 0.479 e. The van der Waals surface area contributed by atoms with Gasteiger partial charge in [-0.25, -0.2) is 9.18 Å². The highest BCUT2D eigenvalue weighted by molar-refractivity contribution is 5.72. The SMILES string of the molecule is N#Cc1cc(F)cc(CN2CCOC(C(=O)O)C2)c1. The van der Waals surface area contributed by atoms with Crippen LogP contribution in [0.4, 0.5) is 4.39 Å². The minimum Gasteiger partial charge on any atom is -0.479 e. The van der Waals surface area contributed by atoms with Crippen LogP contribution in [0.1, 0.15) is 11.1 Å². The molecule has 1 N–H and O–H groups in total. The number of aliphatic carboxylic acids is 1. The lowest BCUT2D eigenvalue weighted by atomic mass is 10.1. The molecule has 1 saturated heterocycles. The highest BCUT2D eigenvalue weighted by atomic mass is 19.1. The van der Waals surface area contributed by atoms with Crippen LogP contribution in [0.25, 0.3) is 0 Å². The Bertz CT molecular complexity index is 527. The number of hydrogen-bond acceptors (Lipinski definition) is 4. The zero-order chi connectivity index (χ0) is 13.8. The first-order chi connectivity index (χ1) is 9.08. The van der Waals surface area contributed by atoms with Crippen molar-refractivity contribution in [2.45, 2.75) is 12.6 Å². The van der Waals surface area contributed by atoms with Crippen LogP contribution in [0, 0.1) is 17.1 Å². The molecule has 1 heterocycles. The first-order valence-electron chi connectivity index (χ1n) is 5.85. The minimum atomic E-state index is -0.998. The van der Waals surface area contributed by atoms with E-state index < -0.39 is 17.9 Å². The number of carbonyl (C=O) groups is 1. The highest BCUT2D eigenvalue weighted by Crippen LogP contribution is 2.14. The van der Waals surface area contributed by atoms with Gasteiger partial charge in [-0.3, -0.25) is 4.90 Å². The average molecular weight is 264 g/mol. The van der Waals surface area contributed by atoms with Crippen LogP contribution in [0.15, 0.2) is 18.2 Å². The summed E-state index contributed by atoms with van der Waals surface area (Å²) in [7, 11) is 0. The van der Waals surface area contributed by atoms with E-state index >= 15 is 0 Å². The molecule has 1 fully saturated rings. The van der Waals surface area contributed by atoms with Gasteiger partial charge in [0.15, 0.2) is 6.10 Å². The summed E-state index contributed by atoms with van der Waals surface area (Å²) in [6.45, 7) is 1.58. The first kappa shape index (κ1) is 13.5. The van der Waals surface area contributed by atoms with Gasteiger partial charge in [0.25, 0.3) is 0 Å². The number of carboxylic acid groups (broad SMARTS) is 1. The molecule has 100 valence electrons. The Hall–Kier alpha value is -1.97. The molecule has 1 aromatic rings. The topological polar surface area (TPSA) is 73.6 Å². The van der Waals surface area contributed by atoms with Gasteiger partial charge in [-0.05, 0) is 23.8 Å². The summed E-state index contributed by atoms with van der Waals surface area (Å²) in [5.41, 5.74) is 0.917. The maximum absolute atomic E-state index is 13.3. The van der Waals surface area contributed by atoms with E-state index in [1.807, 2.05) is 11.0 Å². The lowest BCUT2D eigenvalue weighted by molar-refractivity contribution is -0.156. The molecule has 0 aromatic heterocycles. The van der Waals surface area contributed by atoms with Gasteiger partial charge in [0.2, 0.25) is 0 Å². The molecule has 0 spiro atoms. The van der Waals surface area contributed by atoms with Crippen LogP contribution in [-0.2, 0) is 16.1 Å². The molecule has 1 atom stereocenters. The van der Waals surface area contributed by atoms with Gasteiger partial charge in [0.1, 0.15) is 5.82 Å². The van der Waals surface area contributed by atoms with Crippen molar-refractivity contribution in [1.29, 1.82) is 5.26 Å². The van der Waals surface area contributed by atoms with Crippen molar-refractivity contribution in [3.05, 3.63) is 35.1 Å². The maximum Gasteiger partial charge on any atom is 0.334 e. The fraction of sp³-hybridized carbons (Fsp3) is 0.385. The van der Waals surface area contributed by atoms with Crippen LogP contribution in [0.5, 0.6) is 0 Å². The van der Waals surface area contributed by atoms with E-state index in [4.69, 9.17) is 15.1 Å². The summed E-state index contributed by atoms with van der Waals surface area (Å²) in [5.74, 6) is -1.46. The molecule has 0 amide bonds. The molecule has 5 nitrogen and oxygen atoms in total. The van der Waals surface area contributed by atoms with Crippen LogP contribution >= 0.6 is 0 Å². The first-order valence-corrected chi connectivity index (χ1v) is 5.85. The number of nitriles is 1. The van der Waals surface area contributed by atoms with Crippen molar-refractivity contribution in [2.75, 3.05) is 19.7 Å². The van der Waals surface area contributed by atoms with E-state index in [1.165, 1.54) is 12.1 Å². The Balaban J connectivity index is 2.06. The second-order valence-corrected chi connectivity index (χ2v) is 4.39. The van der Waals surface area contributed by atoms with Gasteiger partial charge in [-0.1, -0.05) is 0 Å². The Morgan fingerprint density at radius 3 is 3.05 bits per heavy atom. The molecule has 1 unspecified atom stereocenters. The number of morpholine rings is 1. The third-order valence-electron chi connectivity index (χ3n) is 2.92. The number of nitrogens with zero attached hydrogens (tertiary/aromatic N) is 2. The molecule has 0 radical (unpaired) electrons. The molecule has 1 aromatic carbocycles. The monoisotopic (exact) mass is 264 g/mol. The van der Waals surface area contributed by atoms with Crippen LogP contribution in [0.2, 0.25) is 0 Å². The summed E-state index contributed by atoms with van der Waals surface area (Å²) in [4.78, 5) is 12.7. The van der Waals surface area contributed by atoms with E-state index in [-0.39, 0.29) is 12.1 Å². The maximum atomic E-state index is 13.3. The Kier molecular flexibility index (Phi) is 4.10. The van der Waals surface area contributed by atoms with Crippen LogP contribution in [-0.4, -0.2) is 41.8 Å². The molecule has 0 bridgehead atoms. The van der Waals surface area contributed by atoms with Gasteiger partial charge in [0.05, 0.1) is 18.2 Å². The lowest BCUT2D eigenvalue weighted by Gasteiger charge is -2.30. The molecule has 6 heteroatoms. The smallest absolute Gasteiger partial charge is 0.334 e.